The first-order chi connectivity index (χ1) is 14.1. The summed E-state index contributed by atoms with van der Waals surface area (Å²) in [6, 6.07) is 14.8. The first-order valence-corrected chi connectivity index (χ1v) is 9.59. The minimum absolute atomic E-state index is 0.292. The number of thioether (sulfide) groups is 1. The molecule has 0 saturated heterocycles. The maximum atomic E-state index is 10.7. The molecule has 0 saturated carbocycles. The van der Waals surface area contributed by atoms with Gasteiger partial charge in [0.2, 0.25) is 0 Å². The molecular weight excluding hydrogens is 392 g/mol. The van der Waals surface area contributed by atoms with Gasteiger partial charge in [-0.05, 0) is 36.1 Å². The number of benzene rings is 1. The summed E-state index contributed by atoms with van der Waals surface area (Å²) in [4.78, 5) is 10.2. The lowest BCUT2D eigenvalue weighted by atomic mass is 10.2. The molecule has 0 aliphatic rings. The largest absolute Gasteiger partial charge is 0.469 e. The first kappa shape index (κ1) is 18.8. The number of rotatable bonds is 7. The van der Waals surface area contributed by atoms with E-state index in [4.69, 9.17) is 8.83 Å². The van der Waals surface area contributed by atoms with E-state index in [1.807, 2.05) is 47.9 Å². The van der Waals surface area contributed by atoms with E-state index >= 15 is 0 Å². The van der Waals surface area contributed by atoms with Crippen LogP contribution in [0.1, 0.15) is 17.1 Å². The highest BCUT2D eigenvalue weighted by molar-refractivity contribution is 8.02. The molecule has 0 aliphatic carbocycles. The summed E-state index contributed by atoms with van der Waals surface area (Å²) in [5.41, 5.74) is 1.99. The van der Waals surface area contributed by atoms with Gasteiger partial charge in [0, 0.05) is 0 Å². The molecule has 0 bridgehead atoms. The number of nitrogens with zero attached hydrogens (tertiary/aromatic N) is 4. The van der Waals surface area contributed by atoms with Crippen LogP contribution in [0.5, 0.6) is 0 Å². The third-order valence-electron chi connectivity index (χ3n) is 4.20. The highest BCUT2D eigenvalue weighted by Gasteiger charge is 2.17. The maximum absolute atomic E-state index is 10.7. The van der Waals surface area contributed by atoms with Crippen LogP contribution in [0, 0.1) is 17.0 Å². The Hall–Kier alpha value is -3.59. The highest BCUT2D eigenvalue weighted by Crippen LogP contribution is 2.29. The molecular formula is C20H16N4O4S. The van der Waals surface area contributed by atoms with E-state index in [2.05, 4.69) is 10.2 Å². The van der Waals surface area contributed by atoms with Crippen molar-refractivity contribution in [3.05, 3.63) is 87.4 Å². The molecule has 0 amide bonds. The van der Waals surface area contributed by atoms with Gasteiger partial charge in [0.15, 0.2) is 11.0 Å². The second kappa shape index (κ2) is 8.19. The molecule has 4 rings (SSSR count). The predicted molar refractivity (Wildman–Crippen MR) is 108 cm³/mol. The Balaban J connectivity index is 1.62. The van der Waals surface area contributed by atoms with Crippen LogP contribution in [0.25, 0.3) is 17.5 Å². The Labute approximate surface area is 170 Å². The van der Waals surface area contributed by atoms with Crippen LogP contribution in [-0.2, 0) is 6.54 Å². The van der Waals surface area contributed by atoms with Crippen LogP contribution in [0.15, 0.2) is 74.2 Å². The molecule has 0 N–H and O–H groups in total. The zero-order valence-corrected chi connectivity index (χ0v) is 16.2. The molecule has 0 aliphatic heterocycles. The van der Waals surface area contributed by atoms with Gasteiger partial charge in [-0.2, -0.15) is 0 Å². The van der Waals surface area contributed by atoms with E-state index in [9.17, 15) is 10.1 Å². The van der Waals surface area contributed by atoms with Crippen molar-refractivity contribution < 1.29 is 13.8 Å². The Morgan fingerprint density at radius 1 is 1.17 bits per heavy atom. The minimum Gasteiger partial charge on any atom is -0.469 e. The average molecular weight is 408 g/mol. The third kappa shape index (κ3) is 4.14. The fourth-order valence-electron chi connectivity index (χ4n) is 2.79. The van der Waals surface area contributed by atoms with E-state index in [0.717, 1.165) is 16.9 Å². The van der Waals surface area contributed by atoms with Crippen LogP contribution < -0.4 is 0 Å². The fourth-order valence-corrected chi connectivity index (χ4v) is 3.48. The number of hydrogen-bond donors (Lipinski definition) is 0. The number of hydrogen-bond acceptors (Lipinski definition) is 7. The summed E-state index contributed by atoms with van der Waals surface area (Å²) in [6.45, 7) is 2.48. The van der Waals surface area contributed by atoms with Crippen molar-refractivity contribution in [3.63, 3.8) is 0 Å². The van der Waals surface area contributed by atoms with E-state index in [1.54, 1.807) is 23.8 Å². The van der Waals surface area contributed by atoms with Crippen molar-refractivity contribution in [1.82, 2.24) is 14.8 Å². The van der Waals surface area contributed by atoms with Gasteiger partial charge >= 0.3 is 5.88 Å². The summed E-state index contributed by atoms with van der Waals surface area (Å²) in [5, 5.41) is 21.8. The average Bonchev–Trinajstić information content (AvgIpc) is 3.44. The van der Waals surface area contributed by atoms with Crippen molar-refractivity contribution in [2.24, 2.45) is 0 Å². The molecule has 3 aromatic heterocycles. The van der Waals surface area contributed by atoms with Crippen molar-refractivity contribution in [2.45, 2.75) is 18.6 Å². The molecule has 0 atom stereocenters. The lowest BCUT2D eigenvalue weighted by Crippen LogP contribution is -2.03. The number of aromatic nitrogens is 3. The van der Waals surface area contributed by atoms with Crippen LogP contribution in [-0.4, -0.2) is 19.7 Å². The summed E-state index contributed by atoms with van der Waals surface area (Å²) >= 11 is 1.35. The van der Waals surface area contributed by atoms with Crippen LogP contribution >= 0.6 is 11.8 Å². The van der Waals surface area contributed by atoms with Gasteiger partial charge in [-0.25, -0.2) is 0 Å². The zero-order chi connectivity index (χ0) is 20.2. The van der Waals surface area contributed by atoms with Crippen LogP contribution in [0.3, 0.4) is 0 Å². The molecule has 1 aromatic carbocycles. The van der Waals surface area contributed by atoms with Crippen LogP contribution in [0.2, 0.25) is 0 Å². The number of furan rings is 2. The van der Waals surface area contributed by atoms with Gasteiger partial charge in [0.05, 0.1) is 24.4 Å². The zero-order valence-electron chi connectivity index (χ0n) is 15.4. The van der Waals surface area contributed by atoms with Gasteiger partial charge in [0.1, 0.15) is 16.4 Å². The van der Waals surface area contributed by atoms with E-state index in [1.165, 1.54) is 17.8 Å². The van der Waals surface area contributed by atoms with Crippen molar-refractivity contribution in [3.8, 4) is 11.4 Å². The Kier molecular flexibility index (Phi) is 5.30. The predicted octanol–water partition coefficient (Wildman–Crippen LogP) is 5.16. The SMILES string of the molecule is Cc1occc1-c1nnc(S/C=C/c2ccc([N+](=O)[O-])o2)n1Cc1ccccc1. The highest BCUT2D eigenvalue weighted by atomic mass is 32.2. The van der Waals surface area contributed by atoms with Gasteiger partial charge in [-0.1, -0.05) is 42.1 Å². The molecule has 0 radical (unpaired) electrons. The smallest absolute Gasteiger partial charge is 0.433 e. The topological polar surface area (TPSA) is 100 Å². The standard InChI is InChI=1S/C20H16N4O4S/c1-14-17(9-11-27-14)19-21-22-20(23(19)13-15-5-3-2-4-6-15)29-12-10-16-7-8-18(28-16)24(25)26/h2-12H,13H2,1H3/b12-10+. The second-order valence-electron chi connectivity index (χ2n) is 6.12. The summed E-state index contributed by atoms with van der Waals surface area (Å²) in [6.07, 6.45) is 3.28. The lowest BCUT2D eigenvalue weighted by Gasteiger charge is -2.09. The second-order valence-corrected chi connectivity index (χ2v) is 7.00. The third-order valence-corrected chi connectivity index (χ3v) is 4.98. The summed E-state index contributed by atoms with van der Waals surface area (Å²) in [7, 11) is 0. The normalized spacial score (nSPS) is 11.3. The Bertz CT molecular complexity index is 1160. The van der Waals surface area contributed by atoms with E-state index in [-0.39, 0.29) is 5.88 Å². The van der Waals surface area contributed by atoms with E-state index < -0.39 is 4.92 Å². The van der Waals surface area contributed by atoms with Gasteiger partial charge in [-0.15, -0.1) is 10.2 Å². The van der Waals surface area contributed by atoms with Crippen LogP contribution in [0.4, 0.5) is 5.88 Å². The van der Waals surface area contributed by atoms with E-state index in [0.29, 0.717) is 23.3 Å². The monoisotopic (exact) mass is 408 g/mol. The molecule has 0 spiro atoms. The van der Waals surface area contributed by atoms with Crippen molar-refractivity contribution in [2.75, 3.05) is 0 Å². The van der Waals surface area contributed by atoms with Crippen molar-refractivity contribution in [1.29, 1.82) is 0 Å². The first-order valence-electron chi connectivity index (χ1n) is 8.71. The number of aryl methyl sites for hydroxylation is 1. The molecule has 146 valence electrons. The number of nitro groups is 1. The summed E-state index contributed by atoms with van der Waals surface area (Å²) in [5.74, 6) is 1.58. The Morgan fingerprint density at radius 2 is 2.00 bits per heavy atom. The van der Waals surface area contributed by atoms with Gasteiger partial charge < -0.3 is 8.83 Å². The minimum atomic E-state index is -0.569. The maximum Gasteiger partial charge on any atom is 0.433 e. The lowest BCUT2D eigenvalue weighted by molar-refractivity contribution is -0.402. The quantitative estimate of drug-likeness (QED) is 0.236. The van der Waals surface area contributed by atoms with Crippen molar-refractivity contribution >= 4 is 23.7 Å². The molecule has 0 unspecified atom stereocenters. The molecule has 4 aromatic rings. The molecule has 9 heteroatoms. The molecule has 29 heavy (non-hydrogen) atoms. The molecule has 8 nitrogen and oxygen atoms in total. The summed E-state index contributed by atoms with van der Waals surface area (Å²) < 4.78 is 12.6. The van der Waals surface area contributed by atoms with Gasteiger partial charge in [-0.3, -0.25) is 14.7 Å². The molecule has 0 fully saturated rings. The Morgan fingerprint density at radius 3 is 2.69 bits per heavy atom. The molecule has 3 heterocycles. The van der Waals surface area contributed by atoms with Gasteiger partial charge in [0.25, 0.3) is 0 Å². The fraction of sp³-hybridized carbons (Fsp3) is 0.100.